The van der Waals surface area contributed by atoms with Crippen molar-refractivity contribution in [2.45, 2.75) is 45.1 Å². The standard InChI is InChI=1S/C20H23NO5S/c1-12(22)21-17(9-10-27-2)20(24)25-13-7-8-15-14-5-3-4-6-16(14)19(23)26-18(15)11-13/h7-8,11,17H,3-6,9-10H2,1-2H3,(H,21,22)/t17-/m1/s1. The van der Waals surface area contributed by atoms with Crippen LogP contribution in [0.25, 0.3) is 11.0 Å². The number of carbonyl (C=O) groups excluding carboxylic acids is 2. The number of fused-ring (bicyclic) bond motifs is 3. The Morgan fingerprint density at radius 3 is 2.70 bits per heavy atom. The molecule has 0 aliphatic heterocycles. The summed E-state index contributed by atoms with van der Waals surface area (Å²) in [7, 11) is 0. The van der Waals surface area contributed by atoms with Crippen molar-refractivity contribution in [2.75, 3.05) is 12.0 Å². The van der Waals surface area contributed by atoms with E-state index in [4.69, 9.17) is 9.15 Å². The summed E-state index contributed by atoms with van der Waals surface area (Å²) in [5.74, 6) is 0.206. The molecule has 0 saturated carbocycles. The van der Waals surface area contributed by atoms with Gasteiger partial charge in [-0.3, -0.25) is 4.79 Å². The highest BCUT2D eigenvalue weighted by Crippen LogP contribution is 2.29. The fourth-order valence-electron chi connectivity index (χ4n) is 3.41. The second-order valence-corrected chi connectivity index (χ2v) is 7.65. The van der Waals surface area contributed by atoms with E-state index in [1.54, 1.807) is 23.9 Å². The lowest BCUT2D eigenvalue weighted by Crippen LogP contribution is -2.42. The zero-order chi connectivity index (χ0) is 19.4. The first kappa shape index (κ1) is 19.5. The fourth-order valence-corrected chi connectivity index (χ4v) is 3.88. The number of nitrogens with one attached hydrogen (secondary N) is 1. The molecule has 0 saturated heterocycles. The lowest BCUT2D eigenvalue weighted by Gasteiger charge is -2.18. The van der Waals surface area contributed by atoms with E-state index in [1.165, 1.54) is 6.92 Å². The summed E-state index contributed by atoms with van der Waals surface area (Å²) < 4.78 is 10.9. The minimum atomic E-state index is -0.707. The van der Waals surface area contributed by atoms with Gasteiger partial charge in [-0.05, 0) is 61.8 Å². The van der Waals surface area contributed by atoms with E-state index in [0.29, 0.717) is 17.8 Å². The molecule has 1 aliphatic rings. The smallest absolute Gasteiger partial charge is 0.339 e. The first-order valence-corrected chi connectivity index (χ1v) is 10.5. The fraction of sp³-hybridized carbons (Fsp3) is 0.450. The molecule has 144 valence electrons. The van der Waals surface area contributed by atoms with E-state index in [9.17, 15) is 14.4 Å². The lowest BCUT2D eigenvalue weighted by atomic mass is 9.91. The van der Waals surface area contributed by atoms with Gasteiger partial charge in [-0.15, -0.1) is 0 Å². The molecular weight excluding hydrogens is 366 g/mol. The van der Waals surface area contributed by atoms with Crippen molar-refractivity contribution >= 4 is 34.6 Å². The quantitative estimate of drug-likeness (QED) is 0.465. The van der Waals surface area contributed by atoms with Gasteiger partial charge in [-0.2, -0.15) is 11.8 Å². The number of aryl methyl sites for hydroxylation is 1. The molecule has 0 radical (unpaired) electrons. The molecule has 1 aromatic carbocycles. The van der Waals surface area contributed by atoms with Crippen molar-refractivity contribution in [3.05, 3.63) is 39.7 Å². The van der Waals surface area contributed by atoms with Crippen LogP contribution in [0.5, 0.6) is 5.75 Å². The van der Waals surface area contributed by atoms with Gasteiger partial charge in [0.25, 0.3) is 0 Å². The van der Waals surface area contributed by atoms with E-state index in [1.807, 2.05) is 12.3 Å². The molecule has 0 unspecified atom stereocenters. The molecular formula is C20H23NO5S. The molecule has 6 nitrogen and oxygen atoms in total. The molecule has 1 atom stereocenters. The second-order valence-electron chi connectivity index (χ2n) is 6.67. The predicted octanol–water partition coefficient (Wildman–Crippen LogP) is 2.84. The Labute approximate surface area is 161 Å². The number of carbonyl (C=O) groups is 2. The van der Waals surface area contributed by atoms with Gasteiger partial charge in [0, 0.05) is 23.9 Å². The number of esters is 1. The van der Waals surface area contributed by atoms with E-state index in [2.05, 4.69) is 5.32 Å². The highest BCUT2D eigenvalue weighted by atomic mass is 32.2. The third-order valence-corrected chi connectivity index (χ3v) is 5.33. The first-order valence-electron chi connectivity index (χ1n) is 9.06. The largest absolute Gasteiger partial charge is 0.425 e. The summed E-state index contributed by atoms with van der Waals surface area (Å²) in [5, 5.41) is 3.52. The third-order valence-electron chi connectivity index (χ3n) is 4.69. The number of thioether (sulfide) groups is 1. The lowest BCUT2D eigenvalue weighted by molar-refractivity contribution is -0.139. The molecule has 0 spiro atoms. The Balaban J connectivity index is 1.85. The van der Waals surface area contributed by atoms with Gasteiger partial charge in [0.2, 0.25) is 5.91 Å². The van der Waals surface area contributed by atoms with Crippen LogP contribution >= 0.6 is 11.8 Å². The summed E-state index contributed by atoms with van der Waals surface area (Å²) in [6, 6.07) is 4.40. The normalized spacial score (nSPS) is 14.4. The highest BCUT2D eigenvalue weighted by molar-refractivity contribution is 7.98. The second kappa shape index (κ2) is 8.61. The van der Waals surface area contributed by atoms with Crippen molar-refractivity contribution in [3.63, 3.8) is 0 Å². The minimum Gasteiger partial charge on any atom is -0.425 e. The van der Waals surface area contributed by atoms with Crippen molar-refractivity contribution in [3.8, 4) is 5.75 Å². The SMILES string of the molecule is CSCC[C@@H](NC(C)=O)C(=O)Oc1ccc2c3c(c(=O)oc2c1)CCCC3. The van der Waals surface area contributed by atoms with Crippen molar-refractivity contribution in [1.29, 1.82) is 0 Å². The summed E-state index contributed by atoms with van der Waals surface area (Å²) in [5.41, 5.74) is 1.92. The molecule has 1 aliphatic carbocycles. The van der Waals surface area contributed by atoms with Crippen molar-refractivity contribution in [2.24, 2.45) is 0 Å². The zero-order valence-electron chi connectivity index (χ0n) is 15.5. The van der Waals surface area contributed by atoms with Gasteiger partial charge >= 0.3 is 11.6 Å². The number of benzene rings is 1. The molecule has 3 rings (SSSR count). The molecule has 0 bridgehead atoms. The van der Waals surface area contributed by atoms with Crippen LogP contribution in [0.15, 0.2) is 27.4 Å². The van der Waals surface area contributed by atoms with Crippen molar-refractivity contribution in [1.82, 2.24) is 5.32 Å². The van der Waals surface area contributed by atoms with Gasteiger partial charge in [0.05, 0.1) is 0 Å². The monoisotopic (exact) mass is 389 g/mol. The average molecular weight is 389 g/mol. The maximum absolute atomic E-state index is 12.5. The molecule has 0 fully saturated rings. The maximum atomic E-state index is 12.5. The summed E-state index contributed by atoms with van der Waals surface area (Å²) in [4.78, 5) is 36.0. The Morgan fingerprint density at radius 2 is 2.00 bits per heavy atom. The van der Waals surface area contributed by atoms with E-state index in [-0.39, 0.29) is 11.5 Å². The van der Waals surface area contributed by atoms with Gasteiger partial charge in [0.15, 0.2) is 0 Å². The van der Waals surface area contributed by atoms with Crippen LogP contribution in [-0.2, 0) is 22.4 Å². The summed E-state index contributed by atoms with van der Waals surface area (Å²) in [6.07, 6.45) is 6.07. The zero-order valence-corrected chi connectivity index (χ0v) is 16.3. The molecule has 27 heavy (non-hydrogen) atoms. The summed E-state index contributed by atoms with van der Waals surface area (Å²) >= 11 is 1.59. The first-order chi connectivity index (χ1) is 13.0. The summed E-state index contributed by atoms with van der Waals surface area (Å²) in [6.45, 7) is 1.37. The van der Waals surface area contributed by atoms with Crippen LogP contribution in [0.2, 0.25) is 0 Å². The van der Waals surface area contributed by atoms with Crippen LogP contribution in [0, 0.1) is 0 Å². The number of hydrogen-bond acceptors (Lipinski definition) is 6. The van der Waals surface area contributed by atoms with Crippen LogP contribution in [0.4, 0.5) is 0 Å². The van der Waals surface area contributed by atoms with Gasteiger partial charge in [-0.25, -0.2) is 9.59 Å². The molecule has 1 aromatic heterocycles. The van der Waals surface area contributed by atoms with Gasteiger partial charge < -0.3 is 14.5 Å². The minimum absolute atomic E-state index is 0.283. The van der Waals surface area contributed by atoms with Crippen molar-refractivity contribution < 1.29 is 18.7 Å². The molecule has 2 aromatic rings. The Kier molecular flexibility index (Phi) is 6.21. The molecule has 7 heteroatoms. The number of rotatable bonds is 6. The Morgan fingerprint density at radius 1 is 1.26 bits per heavy atom. The maximum Gasteiger partial charge on any atom is 0.339 e. The van der Waals surface area contributed by atoms with Crippen LogP contribution in [0.1, 0.15) is 37.3 Å². The average Bonchev–Trinajstić information content (AvgIpc) is 2.65. The number of hydrogen-bond donors (Lipinski definition) is 1. The topological polar surface area (TPSA) is 85.6 Å². The number of amides is 1. The molecule has 1 amide bonds. The predicted molar refractivity (Wildman–Crippen MR) is 105 cm³/mol. The highest BCUT2D eigenvalue weighted by Gasteiger charge is 2.22. The van der Waals surface area contributed by atoms with E-state index < -0.39 is 12.0 Å². The van der Waals surface area contributed by atoms with Crippen LogP contribution < -0.4 is 15.7 Å². The number of ether oxygens (including phenoxy) is 1. The van der Waals surface area contributed by atoms with Gasteiger partial charge in [-0.1, -0.05) is 0 Å². The third kappa shape index (κ3) is 4.53. The Hall–Kier alpha value is -2.28. The molecule has 1 N–H and O–H groups in total. The molecule has 1 heterocycles. The van der Waals surface area contributed by atoms with Crippen LogP contribution in [0.3, 0.4) is 0 Å². The van der Waals surface area contributed by atoms with Gasteiger partial charge in [0.1, 0.15) is 17.4 Å². The van der Waals surface area contributed by atoms with E-state index in [0.717, 1.165) is 47.9 Å². The van der Waals surface area contributed by atoms with E-state index >= 15 is 0 Å². The Bertz CT molecular complexity index is 920. The van der Waals surface area contributed by atoms with Crippen LogP contribution in [-0.4, -0.2) is 29.9 Å².